The molecule has 1 aliphatic rings. The number of hydrogen-bond acceptors (Lipinski definition) is 1. The van der Waals surface area contributed by atoms with E-state index in [1.807, 2.05) is 18.2 Å². The lowest BCUT2D eigenvalue weighted by molar-refractivity contribution is 0.207. The molecule has 0 bridgehead atoms. The molecule has 0 aromatic heterocycles. The second-order valence-corrected chi connectivity index (χ2v) is 5.69. The Morgan fingerprint density at radius 1 is 1.05 bits per heavy atom. The second-order valence-electron chi connectivity index (χ2n) is 5.69. The van der Waals surface area contributed by atoms with E-state index in [0.717, 1.165) is 18.4 Å². The van der Waals surface area contributed by atoms with Crippen LogP contribution in [0.4, 0.5) is 4.39 Å². The van der Waals surface area contributed by atoms with Crippen molar-refractivity contribution in [1.29, 1.82) is 0 Å². The van der Waals surface area contributed by atoms with Crippen molar-refractivity contribution in [3.8, 4) is 0 Å². The fourth-order valence-electron chi connectivity index (χ4n) is 3.09. The van der Waals surface area contributed by atoms with E-state index in [9.17, 15) is 9.50 Å². The third-order valence-electron chi connectivity index (χ3n) is 4.32. The lowest BCUT2D eigenvalue weighted by Crippen LogP contribution is -2.13. The second kappa shape index (κ2) is 5.76. The SMILES string of the molecule is OCC(Cc1ccc(F)cc1)C1CC1c1ccccc1. The summed E-state index contributed by atoms with van der Waals surface area (Å²) in [6.45, 7) is 0.200. The average molecular weight is 270 g/mol. The van der Waals surface area contributed by atoms with Crippen LogP contribution in [-0.2, 0) is 6.42 Å². The lowest BCUT2D eigenvalue weighted by Gasteiger charge is -2.14. The predicted octanol–water partition coefficient (Wildman–Crippen LogP) is 3.78. The fourth-order valence-corrected chi connectivity index (χ4v) is 3.09. The lowest BCUT2D eigenvalue weighted by atomic mass is 9.93. The number of benzene rings is 2. The highest BCUT2D eigenvalue weighted by atomic mass is 19.1. The normalized spacial score (nSPS) is 22.5. The van der Waals surface area contributed by atoms with Crippen molar-refractivity contribution in [2.75, 3.05) is 6.61 Å². The van der Waals surface area contributed by atoms with Gasteiger partial charge in [-0.1, -0.05) is 42.5 Å². The van der Waals surface area contributed by atoms with Crippen molar-refractivity contribution in [1.82, 2.24) is 0 Å². The third-order valence-corrected chi connectivity index (χ3v) is 4.32. The van der Waals surface area contributed by atoms with Crippen molar-refractivity contribution in [3.05, 3.63) is 71.5 Å². The van der Waals surface area contributed by atoms with Gasteiger partial charge in [0.15, 0.2) is 0 Å². The maximum absolute atomic E-state index is 12.9. The van der Waals surface area contributed by atoms with Crippen LogP contribution < -0.4 is 0 Å². The monoisotopic (exact) mass is 270 g/mol. The van der Waals surface area contributed by atoms with E-state index in [-0.39, 0.29) is 18.3 Å². The Morgan fingerprint density at radius 3 is 2.40 bits per heavy atom. The first-order valence-corrected chi connectivity index (χ1v) is 7.18. The first-order chi connectivity index (χ1) is 9.78. The van der Waals surface area contributed by atoms with Crippen molar-refractivity contribution in [3.63, 3.8) is 0 Å². The minimum atomic E-state index is -0.206. The van der Waals surface area contributed by atoms with E-state index in [4.69, 9.17) is 0 Å². The molecule has 1 saturated carbocycles. The first kappa shape index (κ1) is 13.3. The zero-order chi connectivity index (χ0) is 13.9. The van der Waals surface area contributed by atoms with Crippen LogP contribution in [-0.4, -0.2) is 11.7 Å². The van der Waals surface area contributed by atoms with Crippen LogP contribution in [0.1, 0.15) is 23.5 Å². The summed E-state index contributed by atoms with van der Waals surface area (Å²) in [5, 5.41) is 9.64. The zero-order valence-electron chi connectivity index (χ0n) is 11.4. The van der Waals surface area contributed by atoms with Gasteiger partial charge in [0.1, 0.15) is 5.82 Å². The van der Waals surface area contributed by atoms with Gasteiger partial charge in [-0.25, -0.2) is 4.39 Å². The molecule has 1 fully saturated rings. The van der Waals surface area contributed by atoms with Gasteiger partial charge in [0.2, 0.25) is 0 Å². The summed E-state index contributed by atoms with van der Waals surface area (Å²) in [5.41, 5.74) is 2.47. The summed E-state index contributed by atoms with van der Waals surface area (Å²) >= 11 is 0. The van der Waals surface area contributed by atoms with Gasteiger partial charge >= 0.3 is 0 Å². The summed E-state index contributed by atoms with van der Waals surface area (Å²) in [7, 11) is 0. The minimum Gasteiger partial charge on any atom is -0.396 e. The standard InChI is InChI=1S/C18H19FO/c19-16-8-6-13(7-9-16)10-15(12-20)18-11-17(18)14-4-2-1-3-5-14/h1-9,15,17-18,20H,10-12H2. The van der Waals surface area contributed by atoms with Crippen LogP contribution in [0.2, 0.25) is 0 Å². The number of rotatable bonds is 5. The van der Waals surface area contributed by atoms with E-state index < -0.39 is 0 Å². The molecule has 2 heteroatoms. The van der Waals surface area contributed by atoms with Crippen LogP contribution in [0.25, 0.3) is 0 Å². The Balaban J connectivity index is 1.65. The summed E-state index contributed by atoms with van der Waals surface area (Å²) in [5.74, 6) is 1.19. The molecule has 2 aromatic rings. The Labute approximate surface area is 119 Å². The molecule has 2 aromatic carbocycles. The molecule has 1 nitrogen and oxygen atoms in total. The molecule has 0 amide bonds. The summed E-state index contributed by atoms with van der Waals surface area (Å²) in [6.07, 6.45) is 1.97. The molecule has 20 heavy (non-hydrogen) atoms. The molecule has 3 rings (SSSR count). The van der Waals surface area contributed by atoms with E-state index in [1.165, 1.54) is 17.7 Å². The van der Waals surface area contributed by atoms with Gasteiger partial charge in [-0.3, -0.25) is 0 Å². The van der Waals surface area contributed by atoms with Crippen molar-refractivity contribution in [2.45, 2.75) is 18.8 Å². The third kappa shape index (κ3) is 2.91. The number of halogens is 1. The molecule has 1 N–H and O–H groups in total. The molecule has 3 unspecified atom stereocenters. The number of hydrogen-bond donors (Lipinski definition) is 1. The molecule has 104 valence electrons. The first-order valence-electron chi connectivity index (χ1n) is 7.18. The van der Waals surface area contributed by atoms with E-state index in [0.29, 0.717) is 11.8 Å². The quantitative estimate of drug-likeness (QED) is 0.876. The topological polar surface area (TPSA) is 20.2 Å². The molecule has 0 aliphatic heterocycles. The Hall–Kier alpha value is -1.67. The van der Waals surface area contributed by atoms with Crippen LogP contribution in [0.5, 0.6) is 0 Å². The fraction of sp³-hybridized carbons (Fsp3) is 0.333. The Morgan fingerprint density at radius 2 is 1.75 bits per heavy atom. The molecule has 3 atom stereocenters. The predicted molar refractivity (Wildman–Crippen MR) is 78.0 cm³/mol. The maximum atomic E-state index is 12.9. The van der Waals surface area contributed by atoms with Crippen LogP contribution in [0.3, 0.4) is 0 Å². The van der Waals surface area contributed by atoms with Gasteiger partial charge in [-0.05, 0) is 53.9 Å². The highest BCUT2D eigenvalue weighted by Crippen LogP contribution is 2.52. The van der Waals surface area contributed by atoms with Crippen LogP contribution in [0.15, 0.2) is 54.6 Å². The van der Waals surface area contributed by atoms with Gasteiger partial charge < -0.3 is 5.11 Å². The van der Waals surface area contributed by atoms with Crippen molar-refractivity contribution >= 4 is 0 Å². The Bertz CT molecular complexity index is 549. The van der Waals surface area contributed by atoms with Crippen molar-refractivity contribution < 1.29 is 9.50 Å². The maximum Gasteiger partial charge on any atom is 0.123 e. The number of aliphatic hydroxyl groups excluding tert-OH is 1. The van der Waals surface area contributed by atoms with Gasteiger partial charge in [0.05, 0.1) is 0 Å². The Kier molecular flexibility index (Phi) is 3.83. The van der Waals surface area contributed by atoms with E-state index in [1.54, 1.807) is 0 Å². The molecule has 0 saturated heterocycles. The summed E-state index contributed by atoms with van der Waals surface area (Å²) < 4.78 is 12.9. The van der Waals surface area contributed by atoms with Crippen molar-refractivity contribution in [2.24, 2.45) is 11.8 Å². The number of aliphatic hydroxyl groups is 1. The van der Waals surface area contributed by atoms with Gasteiger partial charge in [0, 0.05) is 6.61 Å². The molecular formula is C18H19FO. The zero-order valence-corrected chi connectivity index (χ0v) is 11.4. The van der Waals surface area contributed by atoms with Gasteiger partial charge in [0.25, 0.3) is 0 Å². The van der Waals surface area contributed by atoms with E-state index in [2.05, 4.69) is 24.3 Å². The minimum absolute atomic E-state index is 0.200. The van der Waals surface area contributed by atoms with Gasteiger partial charge in [-0.2, -0.15) is 0 Å². The molecule has 0 heterocycles. The van der Waals surface area contributed by atoms with Crippen LogP contribution >= 0.6 is 0 Å². The summed E-state index contributed by atoms with van der Waals surface area (Å²) in [4.78, 5) is 0. The smallest absolute Gasteiger partial charge is 0.123 e. The summed E-state index contributed by atoms with van der Waals surface area (Å²) in [6, 6.07) is 17.1. The van der Waals surface area contributed by atoms with Gasteiger partial charge in [-0.15, -0.1) is 0 Å². The van der Waals surface area contributed by atoms with Crippen LogP contribution in [0, 0.1) is 17.7 Å². The molecule has 0 radical (unpaired) electrons. The highest BCUT2D eigenvalue weighted by Gasteiger charge is 2.43. The largest absolute Gasteiger partial charge is 0.396 e. The molecule has 0 spiro atoms. The average Bonchev–Trinajstić information content (AvgIpc) is 3.28. The molecule has 1 aliphatic carbocycles. The highest BCUT2D eigenvalue weighted by molar-refractivity contribution is 5.27. The van der Waals surface area contributed by atoms with E-state index >= 15 is 0 Å². The molecular weight excluding hydrogens is 251 g/mol.